The molecule has 1 aliphatic heterocycles. The van der Waals surface area contributed by atoms with Crippen LogP contribution in [0.1, 0.15) is 12.5 Å². The van der Waals surface area contributed by atoms with Crippen LogP contribution >= 0.6 is 11.3 Å². The van der Waals surface area contributed by atoms with Crippen LogP contribution in [0.5, 0.6) is 0 Å². The number of fused-ring (bicyclic) bond motifs is 1. The van der Waals surface area contributed by atoms with Crippen molar-refractivity contribution < 1.29 is 9.53 Å². The van der Waals surface area contributed by atoms with Crippen LogP contribution in [-0.2, 0) is 22.5 Å². The van der Waals surface area contributed by atoms with E-state index in [9.17, 15) is 9.59 Å². The normalized spacial score (nSPS) is 14.4. The second-order valence-electron chi connectivity index (χ2n) is 6.52. The number of morpholine rings is 1. The van der Waals surface area contributed by atoms with Crippen LogP contribution in [0.2, 0.25) is 0 Å². The van der Waals surface area contributed by atoms with Crippen LogP contribution in [-0.4, -0.2) is 46.7 Å². The van der Waals surface area contributed by atoms with Gasteiger partial charge in [-0.15, -0.1) is 0 Å². The first-order chi connectivity index (χ1) is 13.6. The number of hydrogen-bond acceptors (Lipinski definition) is 7. The summed E-state index contributed by atoms with van der Waals surface area (Å²) in [7, 11) is 0. The van der Waals surface area contributed by atoms with E-state index in [-0.39, 0.29) is 18.0 Å². The SMILES string of the molecule is CCc1ccc(NC(=O)Cn2cnc3nc(N4CCOCC4)sc3c2=O)cc1. The third-order valence-electron chi connectivity index (χ3n) is 4.61. The molecule has 0 radical (unpaired) electrons. The molecule has 1 amide bonds. The lowest BCUT2D eigenvalue weighted by Gasteiger charge is -2.25. The van der Waals surface area contributed by atoms with Gasteiger partial charge >= 0.3 is 0 Å². The zero-order chi connectivity index (χ0) is 19.5. The van der Waals surface area contributed by atoms with Gasteiger partial charge in [-0.05, 0) is 24.1 Å². The summed E-state index contributed by atoms with van der Waals surface area (Å²) >= 11 is 1.31. The van der Waals surface area contributed by atoms with E-state index in [1.807, 2.05) is 24.3 Å². The highest BCUT2D eigenvalue weighted by Gasteiger charge is 2.18. The molecule has 1 aromatic carbocycles. The molecule has 2 aromatic heterocycles. The molecule has 9 heteroatoms. The minimum atomic E-state index is -0.273. The fraction of sp³-hybridized carbons (Fsp3) is 0.368. The molecule has 1 fully saturated rings. The summed E-state index contributed by atoms with van der Waals surface area (Å²) in [5.41, 5.74) is 2.07. The molecule has 3 aromatic rings. The van der Waals surface area contributed by atoms with Crippen LogP contribution in [0, 0.1) is 0 Å². The number of carbonyl (C=O) groups is 1. The van der Waals surface area contributed by atoms with E-state index in [4.69, 9.17) is 4.74 Å². The zero-order valence-electron chi connectivity index (χ0n) is 15.6. The Morgan fingerprint density at radius 1 is 1.25 bits per heavy atom. The van der Waals surface area contributed by atoms with E-state index in [2.05, 4.69) is 27.1 Å². The minimum Gasteiger partial charge on any atom is -0.378 e. The Bertz CT molecular complexity index is 1040. The molecule has 28 heavy (non-hydrogen) atoms. The van der Waals surface area contributed by atoms with E-state index in [0.717, 1.165) is 24.6 Å². The highest BCUT2D eigenvalue weighted by molar-refractivity contribution is 7.22. The van der Waals surface area contributed by atoms with Gasteiger partial charge in [0.15, 0.2) is 10.8 Å². The van der Waals surface area contributed by atoms with Crippen molar-refractivity contribution in [1.82, 2.24) is 14.5 Å². The topological polar surface area (TPSA) is 89.3 Å². The Morgan fingerprint density at radius 3 is 2.71 bits per heavy atom. The number of amides is 1. The molecule has 0 saturated carbocycles. The molecule has 1 saturated heterocycles. The molecule has 0 aliphatic carbocycles. The maximum Gasteiger partial charge on any atom is 0.273 e. The van der Waals surface area contributed by atoms with E-state index in [1.54, 1.807) is 0 Å². The van der Waals surface area contributed by atoms with Gasteiger partial charge in [0.05, 0.1) is 13.2 Å². The second kappa shape index (κ2) is 8.07. The van der Waals surface area contributed by atoms with Gasteiger partial charge in [-0.3, -0.25) is 14.2 Å². The number of hydrogen-bond donors (Lipinski definition) is 1. The Morgan fingerprint density at radius 2 is 2.00 bits per heavy atom. The van der Waals surface area contributed by atoms with E-state index in [1.165, 1.54) is 27.8 Å². The summed E-state index contributed by atoms with van der Waals surface area (Å²) in [6, 6.07) is 7.66. The number of nitrogens with one attached hydrogen (secondary N) is 1. The largest absolute Gasteiger partial charge is 0.378 e. The molecule has 0 unspecified atom stereocenters. The maximum absolute atomic E-state index is 12.8. The number of nitrogens with zero attached hydrogens (tertiary/aromatic N) is 4. The van der Waals surface area contributed by atoms with Crippen LogP contribution in [0.25, 0.3) is 10.3 Å². The first-order valence-corrected chi connectivity index (χ1v) is 10.0. The van der Waals surface area contributed by atoms with E-state index >= 15 is 0 Å². The fourth-order valence-corrected chi connectivity index (χ4v) is 4.04. The number of ether oxygens (including phenoxy) is 1. The number of aryl methyl sites for hydroxylation is 1. The molecule has 0 bridgehead atoms. The molecule has 146 valence electrons. The number of benzene rings is 1. The van der Waals surface area contributed by atoms with Gasteiger partial charge in [-0.25, -0.2) is 4.98 Å². The predicted molar refractivity (Wildman–Crippen MR) is 109 cm³/mol. The van der Waals surface area contributed by atoms with Crippen molar-refractivity contribution in [2.75, 3.05) is 36.5 Å². The smallest absolute Gasteiger partial charge is 0.273 e. The summed E-state index contributed by atoms with van der Waals surface area (Å²) in [6.45, 7) is 4.76. The summed E-state index contributed by atoms with van der Waals surface area (Å²) in [4.78, 5) is 35.9. The highest BCUT2D eigenvalue weighted by Crippen LogP contribution is 2.25. The van der Waals surface area contributed by atoms with Gasteiger partial charge in [0.1, 0.15) is 17.6 Å². The van der Waals surface area contributed by atoms with E-state index < -0.39 is 0 Å². The molecule has 1 N–H and O–H groups in total. The Balaban J connectivity index is 1.50. The van der Waals surface area contributed by atoms with Crippen molar-refractivity contribution in [2.24, 2.45) is 0 Å². The third-order valence-corrected chi connectivity index (χ3v) is 5.71. The number of carbonyl (C=O) groups excluding carboxylic acids is 1. The lowest BCUT2D eigenvalue weighted by Crippen LogP contribution is -2.36. The Hall–Kier alpha value is -2.78. The third kappa shape index (κ3) is 3.90. The summed E-state index contributed by atoms with van der Waals surface area (Å²) in [6.07, 6.45) is 2.32. The van der Waals surface area contributed by atoms with Crippen molar-refractivity contribution >= 4 is 38.4 Å². The highest BCUT2D eigenvalue weighted by atomic mass is 32.1. The first kappa shape index (κ1) is 18.6. The van der Waals surface area contributed by atoms with Crippen LogP contribution in [0.15, 0.2) is 35.4 Å². The van der Waals surface area contributed by atoms with Gasteiger partial charge in [-0.1, -0.05) is 30.4 Å². The van der Waals surface area contributed by atoms with Crippen LogP contribution < -0.4 is 15.8 Å². The second-order valence-corrected chi connectivity index (χ2v) is 7.50. The molecule has 0 atom stereocenters. The standard InChI is InChI=1S/C19H21N5O3S/c1-2-13-3-5-14(6-4-13)21-15(25)11-24-12-20-17-16(18(24)26)28-19(22-17)23-7-9-27-10-8-23/h3-6,12H,2,7-11H2,1H3,(H,21,25). The molecule has 4 rings (SSSR count). The maximum atomic E-state index is 12.8. The number of aromatic nitrogens is 3. The summed E-state index contributed by atoms with van der Waals surface area (Å²) in [5, 5.41) is 3.58. The fourth-order valence-electron chi connectivity index (χ4n) is 3.02. The number of rotatable bonds is 5. The van der Waals surface area contributed by atoms with Crippen LogP contribution in [0.3, 0.4) is 0 Å². The lowest BCUT2D eigenvalue weighted by atomic mass is 10.1. The van der Waals surface area contributed by atoms with Crippen molar-refractivity contribution in [1.29, 1.82) is 0 Å². The van der Waals surface area contributed by atoms with Crippen molar-refractivity contribution in [3.8, 4) is 0 Å². The molecule has 0 spiro atoms. The molecular weight excluding hydrogens is 378 g/mol. The zero-order valence-corrected chi connectivity index (χ0v) is 16.4. The van der Waals surface area contributed by atoms with E-state index in [0.29, 0.717) is 29.2 Å². The van der Waals surface area contributed by atoms with Gasteiger partial charge in [-0.2, -0.15) is 4.98 Å². The van der Waals surface area contributed by atoms with Gasteiger partial charge in [0, 0.05) is 18.8 Å². The molecule has 3 heterocycles. The quantitative estimate of drug-likeness (QED) is 0.705. The number of thiazole rings is 1. The predicted octanol–water partition coefficient (Wildman–Crippen LogP) is 1.89. The average molecular weight is 399 g/mol. The summed E-state index contributed by atoms with van der Waals surface area (Å²) in [5.74, 6) is -0.273. The molecular formula is C19H21N5O3S. The minimum absolute atomic E-state index is 0.0951. The first-order valence-electron chi connectivity index (χ1n) is 9.21. The van der Waals surface area contributed by atoms with Crippen molar-refractivity contribution in [3.63, 3.8) is 0 Å². The van der Waals surface area contributed by atoms with Crippen molar-refractivity contribution in [3.05, 3.63) is 46.5 Å². The van der Waals surface area contributed by atoms with Gasteiger partial charge < -0.3 is 15.0 Å². The lowest BCUT2D eigenvalue weighted by molar-refractivity contribution is -0.116. The molecule has 8 nitrogen and oxygen atoms in total. The van der Waals surface area contributed by atoms with Gasteiger partial charge in [0.2, 0.25) is 5.91 Å². The van der Waals surface area contributed by atoms with Crippen molar-refractivity contribution in [2.45, 2.75) is 19.9 Å². The Labute approximate surface area is 165 Å². The Kier molecular flexibility index (Phi) is 5.36. The number of anilines is 2. The molecule has 1 aliphatic rings. The average Bonchev–Trinajstić information content (AvgIpc) is 3.17. The summed E-state index contributed by atoms with van der Waals surface area (Å²) < 4.78 is 7.13. The van der Waals surface area contributed by atoms with Gasteiger partial charge in [0.25, 0.3) is 5.56 Å². The van der Waals surface area contributed by atoms with Crippen LogP contribution in [0.4, 0.5) is 10.8 Å². The monoisotopic (exact) mass is 399 g/mol.